The molecular weight excluding hydrogens is 456 g/mol. The van der Waals surface area contributed by atoms with Gasteiger partial charge in [-0.15, -0.1) is 11.3 Å². The van der Waals surface area contributed by atoms with E-state index in [0.717, 1.165) is 53.8 Å². The highest BCUT2D eigenvalue weighted by Crippen LogP contribution is 2.51. The minimum absolute atomic E-state index is 0.0404. The molecule has 0 saturated carbocycles. The predicted molar refractivity (Wildman–Crippen MR) is 138 cm³/mol. The molecule has 5 rings (SSSR count). The van der Waals surface area contributed by atoms with Gasteiger partial charge in [0.15, 0.2) is 5.78 Å². The quantitative estimate of drug-likeness (QED) is 0.470. The van der Waals surface area contributed by atoms with Crippen LogP contribution in [0.25, 0.3) is 0 Å². The van der Waals surface area contributed by atoms with Gasteiger partial charge in [0, 0.05) is 34.9 Å². The Bertz CT molecular complexity index is 1280. The van der Waals surface area contributed by atoms with Crippen molar-refractivity contribution in [2.24, 2.45) is 5.41 Å². The van der Waals surface area contributed by atoms with Crippen LogP contribution in [0.3, 0.4) is 0 Å². The lowest BCUT2D eigenvalue weighted by Gasteiger charge is -2.42. The smallest absolute Gasteiger partial charge is 0.232 e. The second-order valence-corrected chi connectivity index (χ2v) is 11.5. The van der Waals surface area contributed by atoms with Crippen LogP contribution in [0.1, 0.15) is 73.4 Å². The number of nitriles is 1. The van der Waals surface area contributed by atoms with Crippen LogP contribution < -0.4 is 9.64 Å². The molecule has 0 saturated heterocycles. The van der Waals surface area contributed by atoms with Gasteiger partial charge in [-0.05, 0) is 60.8 Å². The number of ether oxygens (including phenoxy) is 1. The Morgan fingerprint density at radius 3 is 2.66 bits per heavy atom. The molecular formula is C29H30N2O3S. The van der Waals surface area contributed by atoms with Gasteiger partial charge in [0.2, 0.25) is 5.91 Å². The normalized spacial score (nSPS) is 21.3. The Kier molecular flexibility index (Phi) is 6.14. The molecule has 0 unspecified atom stereocenters. The lowest BCUT2D eigenvalue weighted by molar-refractivity contribution is -0.120. The second-order valence-electron chi connectivity index (χ2n) is 10.5. The Hall–Kier alpha value is -3.17. The highest BCUT2D eigenvalue weighted by atomic mass is 32.1. The van der Waals surface area contributed by atoms with Crippen LogP contribution >= 0.6 is 11.3 Å². The summed E-state index contributed by atoms with van der Waals surface area (Å²) in [6, 6.07) is 10.1. The average Bonchev–Trinajstić information content (AvgIpc) is 3.19. The summed E-state index contributed by atoms with van der Waals surface area (Å²) < 4.78 is 5.61. The van der Waals surface area contributed by atoms with Crippen LogP contribution in [0.15, 0.2) is 48.2 Å². The summed E-state index contributed by atoms with van der Waals surface area (Å²) in [5.41, 5.74) is 3.95. The molecule has 1 aromatic carbocycles. The van der Waals surface area contributed by atoms with E-state index in [1.54, 1.807) is 22.3 Å². The van der Waals surface area contributed by atoms with Crippen LogP contribution in [-0.2, 0) is 22.4 Å². The Morgan fingerprint density at radius 2 is 1.94 bits per heavy atom. The molecule has 5 nitrogen and oxygen atoms in total. The maximum absolute atomic E-state index is 13.8. The van der Waals surface area contributed by atoms with Crippen molar-refractivity contribution in [2.45, 2.75) is 64.7 Å². The number of carbonyl (C=O) groups is 2. The number of aryl methyl sites for hydroxylation is 1. The number of nitrogens with zero attached hydrogens (tertiary/aromatic N) is 2. The van der Waals surface area contributed by atoms with Gasteiger partial charge in [0.1, 0.15) is 23.4 Å². The van der Waals surface area contributed by atoms with Gasteiger partial charge in [-0.2, -0.15) is 5.26 Å². The van der Waals surface area contributed by atoms with Crippen LogP contribution in [0.5, 0.6) is 5.75 Å². The molecule has 2 aromatic rings. The van der Waals surface area contributed by atoms with E-state index in [1.165, 1.54) is 4.88 Å². The summed E-state index contributed by atoms with van der Waals surface area (Å²) in [6.07, 6.45) is 7.01. The Labute approximate surface area is 210 Å². The molecule has 2 heterocycles. The summed E-state index contributed by atoms with van der Waals surface area (Å²) >= 11 is 1.57. The fourth-order valence-electron chi connectivity index (χ4n) is 5.71. The zero-order valence-corrected chi connectivity index (χ0v) is 21.2. The second kappa shape index (κ2) is 9.13. The largest absolute Gasteiger partial charge is 0.490 e. The van der Waals surface area contributed by atoms with E-state index in [1.807, 2.05) is 24.3 Å². The molecule has 0 radical (unpaired) electrons. The van der Waals surface area contributed by atoms with Gasteiger partial charge < -0.3 is 4.74 Å². The van der Waals surface area contributed by atoms with E-state index < -0.39 is 0 Å². The molecule has 1 amide bonds. The molecule has 6 heteroatoms. The molecule has 0 fully saturated rings. The summed E-state index contributed by atoms with van der Waals surface area (Å²) in [4.78, 5) is 30.3. The maximum Gasteiger partial charge on any atom is 0.232 e. The number of ketones is 1. The van der Waals surface area contributed by atoms with E-state index >= 15 is 0 Å². The van der Waals surface area contributed by atoms with Crippen molar-refractivity contribution in [1.29, 1.82) is 5.26 Å². The third kappa shape index (κ3) is 4.23. The third-order valence-electron chi connectivity index (χ3n) is 7.26. The van der Waals surface area contributed by atoms with Crippen LogP contribution in [0.4, 0.5) is 5.00 Å². The number of anilines is 1. The Balaban J connectivity index is 1.62. The van der Waals surface area contributed by atoms with Crippen molar-refractivity contribution in [3.05, 3.63) is 69.8 Å². The van der Waals surface area contributed by atoms with Gasteiger partial charge in [-0.25, -0.2) is 0 Å². The average molecular weight is 487 g/mol. The zero-order chi connectivity index (χ0) is 24.7. The monoisotopic (exact) mass is 486 g/mol. The lowest BCUT2D eigenvalue weighted by atomic mass is 9.69. The van der Waals surface area contributed by atoms with Gasteiger partial charge in [0.25, 0.3) is 0 Å². The fraction of sp³-hybridized carbons (Fsp3) is 0.414. The van der Waals surface area contributed by atoms with E-state index in [2.05, 4.69) is 26.5 Å². The first-order valence-corrected chi connectivity index (χ1v) is 13.1. The number of benzene rings is 1. The number of allylic oxidation sites excluding steroid dienone is 2. The van der Waals surface area contributed by atoms with E-state index in [9.17, 15) is 14.9 Å². The molecule has 0 spiro atoms. The van der Waals surface area contributed by atoms with Gasteiger partial charge in [-0.1, -0.05) is 38.6 Å². The first-order chi connectivity index (χ1) is 16.8. The first kappa shape index (κ1) is 23.6. The molecule has 1 aliphatic heterocycles. The predicted octanol–water partition coefficient (Wildman–Crippen LogP) is 6.23. The van der Waals surface area contributed by atoms with E-state index in [4.69, 9.17) is 4.74 Å². The van der Waals surface area contributed by atoms with Crippen LogP contribution in [-0.4, -0.2) is 18.3 Å². The summed E-state index contributed by atoms with van der Waals surface area (Å²) in [7, 11) is 0. The topological polar surface area (TPSA) is 70.4 Å². The van der Waals surface area contributed by atoms with Crippen molar-refractivity contribution in [2.75, 3.05) is 11.5 Å². The van der Waals surface area contributed by atoms with Crippen molar-refractivity contribution in [3.8, 4) is 11.8 Å². The lowest BCUT2D eigenvalue weighted by Crippen LogP contribution is -2.43. The molecule has 0 N–H and O–H groups in total. The zero-order valence-electron chi connectivity index (χ0n) is 20.4. The molecule has 180 valence electrons. The minimum Gasteiger partial charge on any atom is -0.490 e. The fourth-order valence-corrected chi connectivity index (χ4v) is 7.09. The summed E-state index contributed by atoms with van der Waals surface area (Å²) in [6.45, 7) is 8.26. The molecule has 2 aliphatic carbocycles. The number of thiophene rings is 1. The van der Waals surface area contributed by atoms with Crippen LogP contribution in [0.2, 0.25) is 0 Å². The Morgan fingerprint density at radius 1 is 1.20 bits per heavy atom. The molecule has 35 heavy (non-hydrogen) atoms. The van der Waals surface area contributed by atoms with Crippen molar-refractivity contribution < 1.29 is 14.3 Å². The minimum atomic E-state index is -0.286. The number of fused-ring (bicyclic) bond motifs is 1. The first-order valence-electron chi connectivity index (χ1n) is 12.3. The molecule has 1 atom stereocenters. The van der Waals surface area contributed by atoms with E-state index in [-0.39, 0.29) is 29.4 Å². The standard InChI is InChI=1S/C29H30N2O3S/c1-4-13-34-19-11-9-18(10-12-19)21-14-26(33)31(23-15-29(2,3)16-24(32)27(21)23)28-22(17-30)20-7-5-6-8-25(20)35-28/h4,9-12,21H,1,5-8,13-16H2,2-3H3/t21-/m1/s1. The van der Waals surface area contributed by atoms with E-state index in [0.29, 0.717) is 30.0 Å². The number of hydrogen-bond acceptors (Lipinski definition) is 5. The van der Waals surface area contributed by atoms with Crippen molar-refractivity contribution in [1.82, 2.24) is 0 Å². The number of rotatable bonds is 5. The third-order valence-corrected chi connectivity index (χ3v) is 8.54. The van der Waals surface area contributed by atoms with Gasteiger partial charge in [-0.3, -0.25) is 14.5 Å². The van der Waals surface area contributed by atoms with Crippen molar-refractivity contribution in [3.63, 3.8) is 0 Å². The molecule has 1 aromatic heterocycles. The van der Waals surface area contributed by atoms with Gasteiger partial charge in [0.05, 0.1) is 5.56 Å². The maximum atomic E-state index is 13.8. The highest BCUT2D eigenvalue weighted by molar-refractivity contribution is 7.16. The van der Waals surface area contributed by atoms with Crippen molar-refractivity contribution >= 4 is 28.0 Å². The molecule has 0 bridgehead atoms. The molecule has 3 aliphatic rings. The number of amides is 1. The van der Waals surface area contributed by atoms with Gasteiger partial charge >= 0.3 is 0 Å². The number of carbonyl (C=O) groups excluding carboxylic acids is 2. The number of hydrogen-bond donors (Lipinski definition) is 0. The number of Topliss-reactive ketones (excluding diaryl/α,β-unsaturated/α-hetero) is 1. The highest BCUT2D eigenvalue weighted by Gasteiger charge is 2.45. The van der Waals surface area contributed by atoms with Crippen LogP contribution in [0, 0.1) is 16.7 Å². The summed E-state index contributed by atoms with van der Waals surface area (Å²) in [5, 5.41) is 10.8. The SMILES string of the molecule is C=CCOc1ccc([C@H]2CC(=O)N(c3sc4c(c3C#N)CCCC4)C3=C2C(=O)CC(C)(C)C3)cc1. The summed E-state index contributed by atoms with van der Waals surface area (Å²) in [5.74, 6) is 0.503.